The lowest BCUT2D eigenvalue weighted by atomic mass is 10.3. The van der Waals surface area contributed by atoms with Crippen LogP contribution in [0.3, 0.4) is 0 Å². The average molecular weight is 413 g/mol. The second-order valence-electron chi connectivity index (χ2n) is 5.67. The first-order chi connectivity index (χ1) is 14.1. The Kier molecular flexibility index (Phi) is 7.03. The normalized spacial score (nSPS) is 10.3. The Balaban J connectivity index is 1.45. The molecule has 3 aromatic heterocycles. The van der Waals surface area contributed by atoms with Crippen molar-refractivity contribution in [2.45, 2.75) is 6.61 Å². The highest BCUT2D eigenvalue weighted by molar-refractivity contribution is 7.13. The maximum absolute atomic E-state index is 12.1. The molecule has 3 heterocycles. The molecule has 0 atom stereocenters. The van der Waals surface area contributed by atoms with E-state index in [0.29, 0.717) is 11.6 Å². The van der Waals surface area contributed by atoms with Crippen LogP contribution >= 0.6 is 11.3 Å². The first-order valence-electron chi connectivity index (χ1n) is 8.51. The number of carbonyl (C=O) groups excluding carboxylic acids is 2. The summed E-state index contributed by atoms with van der Waals surface area (Å²) in [7, 11) is 0. The van der Waals surface area contributed by atoms with Crippen LogP contribution in [0.5, 0.6) is 0 Å². The van der Waals surface area contributed by atoms with Gasteiger partial charge in [-0.3, -0.25) is 15.6 Å². The topological polar surface area (TPSA) is 141 Å². The molecule has 150 valence electrons. The number of ether oxygens (including phenoxy) is 1. The quantitative estimate of drug-likeness (QED) is 0.477. The predicted octanol–water partition coefficient (Wildman–Crippen LogP) is 1.69. The molecule has 0 bridgehead atoms. The van der Waals surface area contributed by atoms with Gasteiger partial charge in [0.2, 0.25) is 0 Å². The van der Waals surface area contributed by atoms with E-state index < -0.39 is 12.1 Å². The summed E-state index contributed by atoms with van der Waals surface area (Å²) < 4.78 is 5.30. The number of pyridine rings is 2. The van der Waals surface area contributed by atoms with Crippen LogP contribution in [-0.2, 0) is 11.3 Å². The van der Waals surface area contributed by atoms with Gasteiger partial charge in [0.15, 0.2) is 0 Å². The maximum Gasteiger partial charge on any atom is 0.326 e. The summed E-state index contributed by atoms with van der Waals surface area (Å²) in [6, 6.07) is 6.62. The van der Waals surface area contributed by atoms with Crippen molar-refractivity contribution in [3.8, 4) is 10.6 Å². The van der Waals surface area contributed by atoms with Crippen LogP contribution in [0.2, 0.25) is 0 Å². The van der Waals surface area contributed by atoms with Crippen molar-refractivity contribution in [2.75, 3.05) is 23.8 Å². The van der Waals surface area contributed by atoms with Crippen LogP contribution in [0.4, 0.5) is 21.2 Å². The predicted molar refractivity (Wildman–Crippen MR) is 105 cm³/mol. The summed E-state index contributed by atoms with van der Waals surface area (Å²) in [5.41, 5.74) is 1.71. The Morgan fingerprint density at radius 2 is 1.90 bits per heavy atom. The molecule has 10 nitrogen and oxygen atoms in total. The fraction of sp³-hybridized carbons (Fsp3) is 0.167. The lowest BCUT2D eigenvalue weighted by Crippen LogP contribution is -2.38. The second-order valence-corrected chi connectivity index (χ2v) is 6.53. The summed E-state index contributed by atoms with van der Waals surface area (Å²) in [6.07, 6.45) is 3.59. The minimum absolute atomic E-state index is 0.148. The van der Waals surface area contributed by atoms with Crippen LogP contribution in [0, 0.1) is 0 Å². The molecule has 11 heteroatoms. The standard InChI is InChI=1S/C18H18N6O4S/c25-17(24-15-11-29-16(22-15)13-3-5-19-6-4-13)23-14-2-1-12(9-21-14)10-28-8-7-20-18(26)27/h1-6,9,11,20H,7-8,10H2,(H,26,27)(H2,21,23,24,25)/p-1. The van der Waals surface area contributed by atoms with Gasteiger partial charge in [0, 0.05) is 36.1 Å². The van der Waals surface area contributed by atoms with E-state index in [1.165, 1.54) is 11.3 Å². The fourth-order valence-corrected chi connectivity index (χ4v) is 2.98. The van der Waals surface area contributed by atoms with E-state index >= 15 is 0 Å². The van der Waals surface area contributed by atoms with Gasteiger partial charge in [-0.05, 0) is 23.8 Å². The third-order valence-electron chi connectivity index (χ3n) is 3.52. The van der Waals surface area contributed by atoms with Crippen molar-refractivity contribution in [3.63, 3.8) is 0 Å². The number of aromatic nitrogens is 3. The number of thiazole rings is 1. The minimum atomic E-state index is -1.34. The van der Waals surface area contributed by atoms with Crippen molar-refractivity contribution in [1.82, 2.24) is 20.3 Å². The number of amides is 3. The highest BCUT2D eigenvalue weighted by Crippen LogP contribution is 2.25. The van der Waals surface area contributed by atoms with E-state index in [4.69, 9.17) is 4.74 Å². The molecule has 3 N–H and O–H groups in total. The van der Waals surface area contributed by atoms with Gasteiger partial charge in [-0.2, -0.15) is 0 Å². The zero-order chi connectivity index (χ0) is 20.5. The lowest BCUT2D eigenvalue weighted by Gasteiger charge is -2.08. The van der Waals surface area contributed by atoms with Crippen molar-refractivity contribution < 1.29 is 19.4 Å². The van der Waals surface area contributed by atoms with Gasteiger partial charge in [-0.15, -0.1) is 11.3 Å². The zero-order valence-electron chi connectivity index (χ0n) is 15.1. The van der Waals surface area contributed by atoms with Gasteiger partial charge >= 0.3 is 6.03 Å². The monoisotopic (exact) mass is 413 g/mol. The molecular weight excluding hydrogens is 396 g/mol. The number of hydrogen-bond acceptors (Lipinski definition) is 8. The third-order valence-corrected chi connectivity index (χ3v) is 4.42. The molecule has 0 spiro atoms. The van der Waals surface area contributed by atoms with Crippen LogP contribution < -0.4 is 21.1 Å². The number of carboxylic acid groups (broad SMARTS) is 1. The second kappa shape index (κ2) is 10.1. The molecule has 3 amide bonds. The molecule has 0 aliphatic heterocycles. The minimum Gasteiger partial charge on any atom is -0.530 e. The third kappa shape index (κ3) is 6.52. The number of carbonyl (C=O) groups is 2. The van der Waals surface area contributed by atoms with Crippen LogP contribution in [0.25, 0.3) is 10.6 Å². The Labute approximate surface area is 170 Å². The summed E-state index contributed by atoms with van der Waals surface area (Å²) in [6.45, 7) is 0.630. The Morgan fingerprint density at radius 3 is 2.62 bits per heavy atom. The maximum atomic E-state index is 12.1. The van der Waals surface area contributed by atoms with Crippen molar-refractivity contribution >= 4 is 35.1 Å². The number of hydrogen-bond donors (Lipinski definition) is 3. The summed E-state index contributed by atoms with van der Waals surface area (Å²) in [4.78, 5) is 34.8. The highest BCUT2D eigenvalue weighted by atomic mass is 32.1. The number of anilines is 2. The molecule has 3 aromatic rings. The Bertz CT molecular complexity index is 948. The van der Waals surface area contributed by atoms with Crippen molar-refractivity contribution in [1.29, 1.82) is 0 Å². The van der Waals surface area contributed by atoms with E-state index in [1.807, 2.05) is 12.1 Å². The number of nitrogens with one attached hydrogen (secondary N) is 3. The zero-order valence-corrected chi connectivity index (χ0v) is 15.9. The lowest BCUT2D eigenvalue weighted by molar-refractivity contribution is -0.250. The van der Waals surface area contributed by atoms with Gasteiger partial charge in [0.25, 0.3) is 0 Å². The van der Waals surface area contributed by atoms with Crippen LogP contribution in [-0.4, -0.2) is 40.2 Å². The van der Waals surface area contributed by atoms with E-state index in [0.717, 1.165) is 16.1 Å². The number of nitrogens with zero attached hydrogens (tertiary/aromatic N) is 3. The van der Waals surface area contributed by atoms with Crippen LogP contribution in [0.1, 0.15) is 5.56 Å². The molecule has 0 unspecified atom stereocenters. The molecule has 0 saturated carbocycles. The van der Waals surface area contributed by atoms with Crippen LogP contribution in [0.15, 0.2) is 48.2 Å². The summed E-state index contributed by atoms with van der Waals surface area (Å²) >= 11 is 1.41. The van der Waals surface area contributed by atoms with Gasteiger partial charge in [-0.1, -0.05) is 6.07 Å². The van der Waals surface area contributed by atoms with Gasteiger partial charge in [-0.25, -0.2) is 14.8 Å². The van der Waals surface area contributed by atoms with E-state index in [1.54, 1.807) is 36.1 Å². The van der Waals surface area contributed by atoms with E-state index in [2.05, 4.69) is 30.9 Å². The van der Waals surface area contributed by atoms with Gasteiger partial charge in [0.1, 0.15) is 22.7 Å². The van der Waals surface area contributed by atoms with E-state index in [9.17, 15) is 14.7 Å². The fourth-order valence-electron chi connectivity index (χ4n) is 2.22. The SMILES string of the molecule is O=C([O-])NCCOCc1ccc(NC(=O)Nc2csc(-c3ccncc3)n2)nc1. The molecular formula is C18H17N6O4S-. The van der Waals surface area contributed by atoms with Gasteiger partial charge < -0.3 is 20.0 Å². The number of urea groups is 1. The molecule has 0 aromatic carbocycles. The molecule has 3 rings (SSSR count). The first kappa shape index (κ1) is 20.2. The molecule has 0 radical (unpaired) electrons. The Morgan fingerprint density at radius 1 is 1.10 bits per heavy atom. The van der Waals surface area contributed by atoms with Crippen molar-refractivity contribution in [3.05, 3.63) is 53.8 Å². The van der Waals surface area contributed by atoms with Gasteiger partial charge in [0.05, 0.1) is 13.2 Å². The van der Waals surface area contributed by atoms with E-state index in [-0.39, 0.29) is 19.8 Å². The summed E-state index contributed by atoms with van der Waals surface area (Å²) in [5.74, 6) is 0.809. The number of rotatable bonds is 8. The molecule has 29 heavy (non-hydrogen) atoms. The van der Waals surface area contributed by atoms with Crippen molar-refractivity contribution in [2.24, 2.45) is 0 Å². The highest BCUT2D eigenvalue weighted by Gasteiger charge is 2.08. The molecule has 0 aliphatic carbocycles. The first-order valence-corrected chi connectivity index (χ1v) is 9.39. The summed E-state index contributed by atoms with van der Waals surface area (Å²) in [5, 5.41) is 20.1. The molecule has 0 saturated heterocycles. The molecule has 0 aliphatic rings. The average Bonchev–Trinajstić information content (AvgIpc) is 3.18. The smallest absolute Gasteiger partial charge is 0.326 e. The largest absolute Gasteiger partial charge is 0.530 e. The molecule has 0 fully saturated rings. The Hall–Kier alpha value is -3.57.